The van der Waals surface area contributed by atoms with E-state index >= 15 is 0 Å². The zero-order valence-electron chi connectivity index (χ0n) is 25.8. The molecule has 1 aliphatic rings. The van der Waals surface area contributed by atoms with Gasteiger partial charge in [0.2, 0.25) is 11.8 Å². The molecule has 2 aromatic heterocycles. The predicted octanol–water partition coefficient (Wildman–Crippen LogP) is 4.74. The van der Waals surface area contributed by atoms with E-state index in [0.29, 0.717) is 54.5 Å². The molecule has 0 fully saturated rings. The van der Waals surface area contributed by atoms with Crippen molar-refractivity contribution >= 4 is 23.7 Å². The van der Waals surface area contributed by atoms with Gasteiger partial charge in [-0.3, -0.25) is 14.4 Å². The van der Waals surface area contributed by atoms with E-state index in [1.54, 1.807) is 12.3 Å². The van der Waals surface area contributed by atoms with Crippen LogP contribution in [0.15, 0.2) is 85.2 Å². The molecule has 0 saturated heterocycles. The van der Waals surface area contributed by atoms with Gasteiger partial charge in [0, 0.05) is 36.5 Å². The zero-order chi connectivity index (χ0) is 32.9. The quantitative estimate of drug-likeness (QED) is 0.130. The average Bonchev–Trinajstić information content (AvgIpc) is 3.44. The van der Waals surface area contributed by atoms with Crippen LogP contribution in [-0.4, -0.2) is 55.0 Å². The first-order valence-electron chi connectivity index (χ1n) is 14.4. The number of rotatable bonds is 11. The Morgan fingerprint density at radius 2 is 1.35 bits per heavy atom. The Morgan fingerprint density at radius 1 is 0.761 bits per heavy atom. The van der Waals surface area contributed by atoms with E-state index in [4.69, 9.17) is 14.2 Å². The highest BCUT2D eigenvalue weighted by molar-refractivity contribution is 6.12. The molecule has 11 nitrogen and oxygen atoms in total. The molecule has 0 N–H and O–H groups in total. The summed E-state index contributed by atoms with van der Waals surface area (Å²) in [6.07, 6.45) is 3.95. The summed E-state index contributed by atoms with van der Waals surface area (Å²) in [5.74, 6) is -1.65. The van der Waals surface area contributed by atoms with Crippen molar-refractivity contribution in [2.75, 3.05) is 21.3 Å². The van der Waals surface area contributed by atoms with Gasteiger partial charge in [-0.2, -0.15) is 0 Å². The highest BCUT2D eigenvalue weighted by Gasteiger charge is 2.37. The lowest BCUT2D eigenvalue weighted by Gasteiger charge is -2.10. The molecule has 2 heterocycles. The fourth-order valence-electron chi connectivity index (χ4n) is 4.61. The molecule has 0 aliphatic heterocycles. The lowest BCUT2D eigenvalue weighted by Crippen LogP contribution is -2.21. The van der Waals surface area contributed by atoms with E-state index in [1.807, 2.05) is 60.7 Å². The fraction of sp³-hybridized carbons (Fsp3) is 0.257. The molecule has 0 saturated carbocycles. The summed E-state index contributed by atoms with van der Waals surface area (Å²) >= 11 is 0. The molecule has 1 unspecified atom stereocenters. The Kier molecular flexibility index (Phi) is 11.9. The van der Waals surface area contributed by atoms with Crippen LogP contribution in [0.2, 0.25) is 0 Å². The molecule has 4 aromatic rings. The van der Waals surface area contributed by atoms with Crippen LogP contribution in [0.25, 0.3) is 0 Å². The van der Waals surface area contributed by atoms with Crippen LogP contribution >= 0.6 is 0 Å². The number of hydrogen-bond donors (Lipinski definition) is 0. The first kappa shape index (κ1) is 33.3. The van der Waals surface area contributed by atoms with E-state index in [2.05, 4.69) is 19.4 Å². The SMILES string of the molecule is COC(=O)C1Cc2cnc(OCc3ccccc3)cc2C1=O.COC(=O)CCc1cnc(OCc2ccccc2)cc1C(=O)OC. The molecule has 11 heteroatoms. The van der Waals surface area contributed by atoms with E-state index in [-0.39, 0.29) is 18.2 Å². The molecule has 46 heavy (non-hydrogen) atoms. The Balaban J connectivity index is 0.000000209. The van der Waals surface area contributed by atoms with Crippen molar-refractivity contribution < 1.29 is 42.9 Å². The topological polar surface area (TPSA) is 140 Å². The summed E-state index contributed by atoms with van der Waals surface area (Å²) in [5.41, 5.74) is 4.21. The van der Waals surface area contributed by atoms with Crippen LogP contribution in [0.1, 0.15) is 49.4 Å². The minimum absolute atomic E-state index is 0.159. The number of ketones is 1. The van der Waals surface area contributed by atoms with Crippen molar-refractivity contribution in [3.63, 3.8) is 0 Å². The molecule has 0 radical (unpaired) electrons. The van der Waals surface area contributed by atoms with Crippen LogP contribution in [0.5, 0.6) is 11.8 Å². The molecule has 0 bridgehead atoms. The first-order chi connectivity index (χ1) is 22.3. The highest BCUT2D eigenvalue weighted by atomic mass is 16.5. The van der Waals surface area contributed by atoms with Crippen molar-refractivity contribution in [3.05, 3.63) is 119 Å². The molecular weight excluding hydrogens is 592 g/mol. The fourth-order valence-corrected chi connectivity index (χ4v) is 4.61. The molecule has 5 rings (SSSR count). The van der Waals surface area contributed by atoms with Crippen molar-refractivity contribution in [2.24, 2.45) is 5.92 Å². The van der Waals surface area contributed by atoms with Crippen molar-refractivity contribution in [2.45, 2.75) is 32.5 Å². The monoisotopic (exact) mass is 626 g/mol. The van der Waals surface area contributed by atoms with Crippen molar-refractivity contribution in [1.82, 2.24) is 9.97 Å². The van der Waals surface area contributed by atoms with Gasteiger partial charge in [-0.15, -0.1) is 0 Å². The van der Waals surface area contributed by atoms with Gasteiger partial charge in [0.1, 0.15) is 19.1 Å². The molecule has 1 atom stereocenters. The van der Waals surface area contributed by atoms with E-state index in [1.165, 1.54) is 33.6 Å². The van der Waals surface area contributed by atoms with Gasteiger partial charge in [0.15, 0.2) is 5.78 Å². The Morgan fingerprint density at radius 3 is 1.91 bits per heavy atom. The summed E-state index contributed by atoms with van der Waals surface area (Å²) in [6, 6.07) is 22.5. The van der Waals surface area contributed by atoms with Gasteiger partial charge >= 0.3 is 17.9 Å². The maximum Gasteiger partial charge on any atom is 0.338 e. The molecule has 238 valence electrons. The summed E-state index contributed by atoms with van der Waals surface area (Å²) in [6.45, 7) is 0.719. The largest absolute Gasteiger partial charge is 0.473 e. The number of carbonyl (C=O) groups excluding carboxylic acids is 4. The number of nitrogens with zero attached hydrogens (tertiary/aromatic N) is 2. The third-order valence-corrected chi connectivity index (χ3v) is 7.10. The third kappa shape index (κ3) is 8.98. The molecule has 0 amide bonds. The zero-order valence-corrected chi connectivity index (χ0v) is 25.8. The minimum atomic E-state index is -0.758. The van der Waals surface area contributed by atoms with Gasteiger partial charge in [0.25, 0.3) is 0 Å². The van der Waals surface area contributed by atoms with Crippen molar-refractivity contribution in [1.29, 1.82) is 0 Å². The lowest BCUT2D eigenvalue weighted by molar-refractivity contribution is -0.143. The van der Waals surface area contributed by atoms with Gasteiger partial charge < -0.3 is 23.7 Å². The number of methoxy groups -OCH3 is 3. The number of aromatic nitrogens is 2. The number of pyridine rings is 2. The normalized spacial score (nSPS) is 13.0. The van der Waals surface area contributed by atoms with Crippen molar-refractivity contribution in [3.8, 4) is 11.8 Å². The Labute approximate surface area is 266 Å². The Hall–Kier alpha value is -5.58. The number of aryl methyl sites for hydroxylation is 1. The number of fused-ring (bicyclic) bond motifs is 1. The van der Waals surface area contributed by atoms with E-state index in [9.17, 15) is 19.2 Å². The number of hydrogen-bond acceptors (Lipinski definition) is 11. The van der Waals surface area contributed by atoms with Gasteiger partial charge in [-0.05, 0) is 35.1 Å². The van der Waals surface area contributed by atoms with Crippen LogP contribution in [0.3, 0.4) is 0 Å². The van der Waals surface area contributed by atoms with Crippen LogP contribution in [0.4, 0.5) is 0 Å². The minimum Gasteiger partial charge on any atom is -0.473 e. The highest BCUT2D eigenvalue weighted by Crippen LogP contribution is 2.29. The Bertz CT molecular complexity index is 1660. The second-order valence-corrected chi connectivity index (χ2v) is 10.1. The summed E-state index contributed by atoms with van der Waals surface area (Å²) in [5, 5.41) is 0. The second-order valence-electron chi connectivity index (χ2n) is 10.1. The summed E-state index contributed by atoms with van der Waals surface area (Å²) < 4.78 is 25.3. The second kappa shape index (κ2) is 16.5. The van der Waals surface area contributed by atoms with Gasteiger partial charge in [-0.1, -0.05) is 60.7 Å². The van der Waals surface area contributed by atoms with Crippen LogP contribution in [0, 0.1) is 5.92 Å². The molecule has 1 aliphatic carbocycles. The number of ether oxygens (including phenoxy) is 5. The average molecular weight is 627 g/mol. The summed E-state index contributed by atoms with van der Waals surface area (Å²) in [4.78, 5) is 55.5. The maximum atomic E-state index is 12.2. The standard InChI is InChI=1S/C18H19NO5.C17H15NO4/c1-22-17(20)9-8-14-11-19-16(10-15(14)18(21)23-2)24-12-13-6-4-3-5-7-13;1-21-17(20)14-7-12-9-18-15(8-13(12)16(14)19)22-10-11-5-3-2-4-6-11/h3-7,10-11H,8-9,12H2,1-2H3;2-6,8-9,14H,7,10H2,1H3. The van der Waals surface area contributed by atoms with Gasteiger partial charge in [0.05, 0.1) is 26.9 Å². The van der Waals surface area contributed by atoms with E-state index in [0.717, 1.165) is 16.7 Å². The number of benzene rings is 2. The predicted molar refractivity (Wildman–Crippen MR) is 165 cm³/mol. The number of Topliss-reactive ketones (excluding diaryl/α,β-unsaturated/α-hetero) is 1. The summed E-state index contributed by atoms with van der Waals surface area (Å²) in [7, 11) is 3.91. The first-order valence-corrected chi connectivity index (χ1v) is 14.4. The van der Waals surface area contributed by atoms with Gasteiger partial charge in [-0.25, -0.2) is 14.8 Å². The van der Waals surface area contributed by atoms with Crippen LogP contribution in [-0.2, 0) is 49.9 Å². The molecule has 0 spiro atoms. The van der Waals surface area contributed by atoms with E-state index < -0.39 is 17.9 Å². The third-order valence-electron chi connectivity index (χ3n) is 7.10. The maximum absolute atomic E-state index is 12.2. The molecule has 2 aromatic carbocycles. The smallest absolute Gasteiger partial charge is 0.338 e. The lowest BCUT2D eigenvalue weighted by atomic mass is 10.1. The number of carbonyl (C=O) groups is 4. The van der Waals surface area contributed by atoms with Crippen LogP contribution < -0.4 is 9.47 Å². The number of esters is 3. The molecular formula is C35H34N2O9.